The fraction of sp³-hybridized carbons (Fsp3) is 0.429. The van der Waals surface area contributed by atoms with Crippen LogP contribution in [0.4, 0.5) is 0 Å². The van der Waals surface area contributed by atoms with Gasteiger partial charge in [0.15, 0.2) is 5.78 Å². The van der Waals surface area contributed by atoms with Crippen molar-refractivity contribution in [2.75, 3.05) is 0 Å². The van der Waals surface area contributed by atoms with Gasteiger partial charge in [-0.15, -0.1) is 0 Å². The maximum Gasteiger partial charge on any atom is 0.339 e. The summed E-state index contributed by atoms with van der Waals surface area (Å²) in [5.74, 6) is -2.32. The van der Waals surface area contributed by atoms with Gasteiger partial charge in [0, 0.05) is 11.1 Å². The number of rotatable bonds is 5. The van der Waals surface area contributed by atoms with Crippen LogP contribution in [-0.2, 0) is 14.2 Å². The number of hydrogen-bond donors (Lipinski definition) is 0. The van der Waals surface area contributed by atoms with Gasteiger partial charge in [-0.1, -0.05) is 18.2 Å². The zero-order valence-corrected chi connectivity index (χ0v) is 21.9. The molecule has 2 aromatic carbocycles. The van der Waals surface area contributed by atoms with Crippen LogP contribution in [0.5, 0.6) is 0 Å². The van der Waals surface area contributed by atoms with Crippen molar-refractivity contribution in [3.05, 3.63) is 70.3 Å². The second-order valence-corrected chi connectivity index (χ2v) is 11.2. The van der Waals surface area contributed by atoms with Crippen LogP contribution >= 0.6 is 0 Å². The summed E-state index contributed by atoms with van der Waals surface area (Å²) in [5.41, 5.74) is -1.48. The molecule has 0 spiro atoms. The molecule has 0 N–H and O–H groups in total. The molecule has 0 unspecified atom stereocenters. The molecule has 0 heterocycles. The molecule has 0 aromatic heterocycles. The molecule has 0 saturated carbocycles. The predicted octanol–water partition coefficient (Wildman–Crippen LogP) is 5.78. The number of ketones is 1. The number of benzene rings is 2. The predicted molar refractivity (Wildman–Crippen MR) is 132 cm³/mol. The van der Waals surface area contributed by atoms with E-state index in [1.165, 1.54) is 42.5 Å². The average Bonchev–Trinajstić information content (AvgIpc) is 2.69. The number of carbonyl (C=O) groups excluding carboxylic acids is 4. The van der Waals surface area contributed by atoms with E-state index in [9.17, 15) is 19.2 Å². The van der Waals surface area contributed by atoms with Crippen LogP contribution in [0.25, 0.3) is 0 Å². The highest BCUT2D eigenvalue weighted by molar-refractivity contribution is 6.12. The lowest BCUT2D eigenvalue weighted by Gasteiger charge is -2.23. The smallest absolute Gasteiger partial charge is 0.339 e. The first-order valence-electron chi connectivity index (χ1n) is 11.4. The van der Waals surface area contributed by atoms with E-state index in [4.69, 9.17) is 14.2 Å². The van der Waals surface area contributed by atoms with Crippen LogP contribution in [0.1, 0.15) is 109 Å². The molecule has 35 heavy (non-hydrogen) atoms. The Bertz CT molecular complexity index is 1120. The largest absolute Gasteiger partial charge is 0.456 e. The highest BCUT2D eigenvalue weighted by Crippen LogP contribution is 2.23. The SMILES string of the molecule is CC(C)(C)OC(=O)c1ccc(C(=O)c2ccc(C(=O)OC(C)(C)C)c(C(=O)OC(C)(C)C)c2)cc1. The van der Waals surface area contributed by atoms with Crippen molar-refractivity contribution >= 4 is 23.7 Å². The third-order valence-electron chi connectivity index (χ3n) is 4.30. The third-order valence-corrected chi connectivity index (χ3v) is 4.30. The Morgan fingerprint density at radius 3 is 1.31 bits per heavy atom. The summed E-state index contributed by atoms with van der Waals surface area (Å²) in [6.07, 6.45) is 0. The molecule has 0 atom stereocenters. The molecule has 0 amide bonds. The van der Waals surface area contributed by atoms with Gasteiger partial charge >= 0.3 is 17.9 Å². The molecule has 188 valence electrons. The van der Waals surface area contributed by atoms with Crippen molar-refractivity contribution in [3.8, 4) is 0 Å². The highest BCUT2D eigenvalue weighted by atomic mass is 16.6. The van der Waals surface area contributed by atoms with E-state index in [1.54, 1.807) is 62.3 Å². The van der Waals surface area contributed by atoms with Crippen LogP contribution < -0.4 is 0 Å². The number of hydrogen-bond acceptors (Lipinski definition) is 7. The molecule has 0 aliphatic carbocycles. The highest BCUT2D eigenvalue weighted by Gasteiger charge is 2.28. The maximum atomic E-state index is 13.1. The minimum Gasteiger partial charge on any atom is -0.456 e. The van der Waals surface area contributed by atoms with Crippen LogP contribution in [0.3, 0.4) is 0 Å². The summed E-state index contributed by atoms with van der Waals surface area (Å²) >= 11 is 0. The summed E-state index contributed by atoms with van der Waals surface area (Å²) in [4.78, 5) is 51.0. The van der Waals surface area contributed by atoms with Crippen molar-refractivity contribution in [1.29, 1.82) is 0 Å². The van der Waals surface area contributed by atoms with Gasteiger partial charge in [0.2, 0.25) is 0 Å². The van der Waals surface area contributed by atoms with E-state index in [0.717, 1.165) is 0 Å². The lowest BCUT2D eigenvalue weighted by molar-refractivity contribution is 0.00186. The molecular weight excluding hydrogens is 448 g/mol. The minimum absolute atomic E-state index is 0.00555. The Balaban J connectivity index is 2.42. The zero-order valence-electron chi connectivity index (χ0n) is 21.9. The molecule has 2 aromatic rings. The lowest BCUT2D eigenvalue weighted by Crippen LogP contribution is -2.28. The van der Waals surface area contributed by atoms with Gasteiger partial charge in [-0.25, -0.2) is 14.4 Å². The van der Waals surface area contributed by atoms with E-state index in [2.05, 4.69) is 0 Å². The molecule has 0 saturated heterocycles. The topological polar surface area (TPSA) is 96.0 Å². The fourth-order valence-corrected chi connectivity index (χ4v) is 2.96. The molecule has 0 fully saturated rings. The Morgan fingerprint density at radius 1 is 0.486 bits per heavy atom. The first kappa shape index (κ1) is 27.8. The van der Waals surface area contributed by atoms with Crippen molar-refractivity contribution in [3.63, 3.8) is 0 Å². The van der Waals surface area contributed by atoms with E-state index in [1.807, 2.05) is 0 Å². The van der Waals surface area contributed by atoms with Gasteiger partial charge in [-0.05, 0) is 86.6 Å². The molecule has 0 bridgehead atoms. The van der Waals surface area contributed by atoms with Crippen LogP contribution in [0.15, 0.2) is 42.5 Å². The van der Waals surface area contributed by atoms with Crippen LogP contribution in [0.2, 0.25) is 0 Å². The summed E-state index contributed by atoms with van der Waals surface area (Å²) in [5, 5.41) is 0. The standard InChI is InChI=1S/C28H34O7/c1-26(2,3)33-23(30)18-12-10-17(11-13-18)22(29)19-14-15-20(24(31)34-27(4,5)6)21(16-19)25(32)35-28(7,8)9/h10-16H,1-9H3. The Labute approximate surface area is 206 Å². The summed E-state index contributed by atoms with van der Waals surface area (Å²) < 4.78 is 16.2. The second-order valence-electron chi connectivity index (χ2n) is 11.2. The molecule has 7 heteroatoms. The normalized spacial score (nSPS) is 12.0. The van der Waals surface area contributed by atoms with E-state index >= 15 is 0 Å². The van der Waals surface area contributed by atoms with Crippen LogP contribution in [-0.4, -0.2) is 40.5 Å². The molecule has 0 radical (unpaired) electrons. The van der Waals surface area contributed by atoms with E-state index < -0.39 is 34.7 Å². The maximum absolute atomic E-state index is 13.1. The minimum atomic E-state index is -0.806. The monoisotopic (exact) mass is 482 g/mol. The molecule has 0 aliphatic rings. The van der Waals surface area contributed by atoms with E-state index in [-0.39, 0.29) is 22.5 Å². The zero-order chi connectivity index (χ0) is 26.8. The first-order chi connectivity index (χ1) is 15.9. The van der Waals surface area contributed by atoms with E-state index in [0.29, 0.717) is 11.1 Å². The first-order valence-corrected chi connectivity index (χ1v) is 11.4. The van der Waals surface area contributed by atoms with Crippen LogP contribution in [0, 0.1) is 0 Å². The van der Waals surface area contributed by atoms with Gasteiger partial charge in [0.25, 0.3) is 0 Å². The second kappa shape index (κ2) is 10.0. The summed E-state index contributed by atoms with van der Waals surface area (Å²) in [6, 6.07) is 10.2. The number of carbonyl (C=O) groups is 4. The van der Waals surface area contributed by atoms with Crippen molar-refractivity contribution < 1.29 is 33.4 Å². The van der Waals surface area contributed by atoms with Gasteiger partial charge in [-0.3, -0.25) is 4.79 Å². The molecule has 0 aliphatic heterocycles. The van der Waals surface area contributed by atoms with Gasteiger partial charge in [0.1, 0.15) is 16.8 Å². The average molecular weight is 483 g/mol. The summed E-state index contributed by atoms with van der Waals surface area (Å²) in [7, 11) is 0. The fourth-order valence-electron chi connectivity index (χ4n) is 2.96. The summed E-state index contributed by atoms with van der Waals surface area (Å²) in [6.45, 7) is 15.6. The Kier molecular flexibility index (Phi) is 7.95. The van der Waals surface area contributed by atoms with Crippen molar-refractivity contribution in [2.24, 2.45) is 0 Å². The third kappa shape index (κ3) is 8.35. The number of esters is 3. The molecule has 2 rings (SSSR count). The number of ether oxygens (including phenoxy) is 3. The molecular formula is C28H34O7. The van der Waals surface area contributed by atoms with Gasteiger partial charge in [-0.2, -0.15) is 0 Å². The molecule has 7 nitrogen and oxygen atoms in total. The lowest BCUT2D eigenvalue weighted by atomic mass is 9.97. The van der Waals surface area contributed by atoms with Crippen molar-refractivity contribution in [2.45, 2.75) is 79.1 Å². The Morgan fingerprint density at radius 2 is 0.857 bits per heavy atom. The quantitative estimate of drug-likeness (QED) is 0.303. The van der Waals surface area contributed by atoms with Gasteiger partial charge < -0.3 is 14.2 Å². The van der Waals surface area contributed by atoms with Gasteiger partial charge in [0.05, 0.1) is 16.7 Å². The Hall–Kier alpha value is -3.48. The van der Waals surface area contributed by atoms with Crippen molar-refractivity contribution in [1.82, 2.24) is 0 Å².